The molecule has 0 fully saturated rings. The van der Waals surface area contributed by atoms with Gasteiger partial charge in [0.1, 0.15) is 0 Å². The molecule has 1 heterocycles. The van der Waals surface area contributed by atoms with E-state index in [0.717, 1.165) is 29.8 Å². The summed E-state index contributed by atoms with van der Waals surface area (Å²) in [6, 6.07) is 8.21. The fourth-order valence-corrected chi connectivity index (χ4v) is 2.19. The molecule has 1 aromatic heterocycles. The Morgan fingerprint density at radius 3 is 2.57 bits per heavy atom. The number of benzene rings is 1. The van der Waals surface area contributed by atoms with Crippen LogP contribution in [0.4, 0.5) is 5.69 Å². The number of aliphatic imine (C=N–C) groups is 1. The van der Waals surface area contributed by atoms with Crippen LogP contribution in [0.1, 0.15) is 30.7 Å². The SMILES string of the molecule is CCc1ccc(NC(N)=NCc2cn(C)nc2CC)cc1. The third-order valence-electron chi connectivity index (χ3n) is 3.38. The van der Waals surface area contributed by atoms with Gasteiger partial charge in [0.05, 0.1) is 12.2 Å². The lowest BCUT2D eigenvalue weighted by Gasteiger charge is -2.06. The van der Waals surface area contributed by atoms with Crippen molar-refractivity contribution in [3.8, 4) is 0 Å². The second-order valence-corrected chi connectivity index (χ2v) is 5.01. The summed E-state index contributed by atoms with van der Waals surface area (Å²) in [5, 5.41) is 7.50. The van der Waals surface area contributed by atoms with E-state index in [2.05, 4.69) is 41.4 Å². The summed E-state index contributed by atoms with van der Waals surface area (Å²) in [6.07, 6.45) is 3.92. The zero-order chi connectivity index (χ0) is 15.2. The van der Waals surface area contributed by atoms with Gasteiger partial charge in [-0.25, -0.2) is 4.99 Å². The Bertz CT molecular complexity index is 610. The van der Waals surface area contributed by atoms with Gasteiger partial charge in [-0.2, -0.15) is 5.10 Å². The minimum absolute atomic E-state index is 0.421. The van der Waals surface area contributed by atoms with Crippen LogP contribution in [0.2, 0.25) is 0 Å². The van der Waals surface area contributed by atoms with Crippen LogP contribution in [0, 0.1) is 0 Å². The molecule has 0 saturated carbocycles. The average molecular weight is 285 g/mol. The van der Waals surface area contributed by atoms with E-state index < -0.39 is 0 Å². The van der Waals surface area contributed by atoms with Crippen molar-refractivity contribution in [1.29, 1.82) is 0 Å². The van der Waals surface area contributed by atoms with E-state index in [1.807, 2.05) is 30.1 Å². The zero-order valence-electron chi connectivity index (χ0n) is 12.9. The lowest BCUT2D eigenvalue weighted by Crippen LogP contribution is -2.22. The Balaban J connectivity index is 2.00. The van der Waals surface area contributed by atoms with Gasteiger partial charge in [-0.15, -0.1) is 0 Å². The summed E-state index contributed by atoms with van der Waals surface area (Å²) in [5.41, 5.74) is 10.4. The molecule has 2 rings (SSSR count). The molecule has 5 heteroatoms. The fraction of sp³-hybridized carbons (Fsp3) is 0.375. The number of aryl methyl sites for hydroxylation is 3. The largest absolute Gasteiger partial charge is 0.370 e. The topological polar surface area (TPSA) is 68.2 Å². The fourth-order valence-electron chi connectivity index (χ4n) is 2.19. The lowest BCUT2D eigenvalue weighted by atomic mass is 10.1. The summed E-state index contributed by atoms with van der Waals surface area (Å²) >= 11 is 0. The molecule has 0 atom stereocenters. The Morgan fingerprint density at radius 2 is 1.95 bits per heavy atom. The van der Waals surface area contributed by atoms with Gasteiger partial charge in [0, 0.05) is 24.5 Å². The second kappa shape index (κ2) is 6.92. The summed E-state index contributed by atoms with van der Waals surface area (Å²) < 4.78 is 1.82. The number of aromatic nitrogens is 2. The third-order valence-corrected chi connectivity index (χ3v) is 3.38. The highest BCUT2D eigenvalue weighted by molar-refractivity contribution is 5.92. The van der Waals surface area contributed by atoms with E-state index in [0.29, 0.717) is 12.5 Å². The van der Waals surface area contributed by atoms with Crippen LogP contribution in [0.5, 0.6) is 0 Å². The monoisotopic (exact) mass is 285 g/mol. The number of nitrogens with one attached hydrogen (secondary N) is 1. The van der Waals surface area contributed by atoms with E-state index in [4.69, 9.17) is 5.73 Å². The van der Waals surface area contributed by atoms with E-state index >= 15 is 0 Å². The minimum atomic E-state index is 0.421. The van der Waals surface area contributed by atoms with Gasteiger partial charge < -0.3 is 11.1 Å². The van der Waals surface area contributed by atoms with Crippen molar-refractivity contribution in [1.82, 2.24) is 9.78 Å². The minimum Gasteiger partial charge on any atom is -0.370 e. The number of hydrogen-bond acceptors (Lipinski definition) is 2. The van der Waals surface area contributed by atoms with Crippen LogP contribution in [0.3, 0.4) is 0 Å². The van der Waals surface area contributed by atoms with Gasteiger partial charge in [0.25, 0.3) is 0 Å². The number of guanidine groups is 1. The molecule has 0 radical (unpaired) electrons. The predicted molar refractivity (Wildman–Crippen MR) is 87.4 cm³/mol. The quantitative estimate of drug-likeness (QED) is 0.655. The van der Waals surface area contributed by atoms with Crippen LogP contribution in [0.25, 0.3) is 0 Å². The number of hydrogen-bond donors (Lipinski definition) is 2. The van der Waals surface area contributed by atoms with E-state index in [1.54, 1.807) is 0 Å². The maximum absolute atomic E-state index is 5.93. The molecule has 0 aliphatic heterocycles. The van der Waals surface area contributed by atoms with Gasteiger partial charge in [-0.1, -0.05) is 26.0 Å². The van der Waals surface area contributed by atoms with Crippen molar-refractivity contribution >= 4 is 11.6 Å². The van der Waals surface area contributed by atoms with Gasteiger partial charge in [-0.05, 0) is 30.5 Å². The normalized spacial score (nSPS) is 11.7. The van der Waals surface area contributed by atoms with E-state index in [9.17, 15) is 0 Å². The maximum atomic E-state index is 5.93. The van der Waals surface area contributed by atoms with Gasteiger partial charge in [0.15, 0.2) is 5.96 Å². The van der Waals surface area contributed by atoms with Crippen LogP contribution < -0.4 is 11.1 Å². The number of nitrogens with two attached hydrogens (primary N) is 1. The average Bonchev–Trinajstić information content (AvgIpc) is 2.86. The molecular formula is C16H23N5. The van der Waals surface area contributed by atoms with Crippen molar-refractivity contribution in [3.63, 3.8) is 0 Å². The molecule has 0 aliphatic rings. The molecule has 0 unspecified atom stereocenters. The van der Waals surface area contributed by atoms with E-state index in [-0.39, 0.29) is 0 Å². The Hall–Kier alpha value is -2.30. The second-order valence-electron chi connectivity index (χ2n) is 5.01. The first-order chi connectivity index (χ1) is 10.1. The molecule has 0 spiro atoms. The van der Waals surface area contributed by atoms with Gasteiger partial charge in [0.2, 0.25) is 0 Å². The van der Waals surface area contributed by atoms with Crippen LogP contribution in [0.15, 0.2) is 35.5 Å². The van der Waals surface area contributed by atoms with Crippen LogP contribution in [-0.4, -0.2) is 15.7 Å². The highest BCUT2D eigenvalue weighted by Gasteiger charge is 2.05. The van der Waals surface area contributed by atoms with Gasteiger partial charge >= 0.3 is 0 Å². The van der Waals surface area contributed by atoms with Crippen molar-refractivity contribution < 1.29 is 0 Å². The zero-order valence-corrected chi connectivity index (χ0v) is 12.9. The molecule has 3 N–H and O–H groups in total. The Morgan fingerprint density at radius 1 is 1.24 bits per heavy atom. The van der Waals surface area contributed by atoms with E-state index in [1.165, 1.54) is 5.56 Å². The van der Waals surface area contributed by atoms with Crippen molar-refractivity contribution in [2.75, 3.05) is 5.32 Å². The summed E-state index contributed by atoms with van der Waals surface area (Å²) in [7, 11) is 1.92. The van der Waals surface area contributed by atoms with Gasteiger partial charge in [-0.3, -0.25) is 4.68 Å². The molecule has 0 aliphatic carbocycles. The van der Waals surface area contributed by atoms with Crippen LogP contribution in [-0.2, 0) is 26.4 Å². The molecule has 2 aromatic rings. The molecule has 0 bridgehead atoms. The molecule has 5 nitrogen and oxygen atoms in total. The van der Waals surface area contributed by atoms with Crippen molar-refractivity contribution in [2.45, 2.75) is 33.2 Å². The Labute approximate surface area is 125 Å². The first kappa shape index (κ1) is 15.1. The number of anilines is 1. The first-order valence-corrected chi connectivity index (χ1v) is 7.29. The molecule has 112 valence electrons. The Kier molecular flexibility index (Phi) is 4.98. The molecular weight excluding hydrogens is 262 g/mol. The number of nitrogens with zero attached hydrogens (tertiary/aromatic N) is 3. The summed E-state index contributed by atoms with van der Waals surface area (Å²) in [5.74, 6) is 0.421. The predicted octanol–water partition coefficient (Wildman–Crippen LogP) is 2.47. The smallest absolute Gasteiger partial charge is 0.193 e. The highest BCUT2D eigenvalue weighted by atomic mass is 15.3. The summed E-state index contributed by atoms with van der Waals surface area (Å²) in [4.78, 5) is 4.38. The first-order valence-electron chi connectivity index (χ1n) is 7.29. The van der Waals surface area contributed by atoms with Crippen molar-refractivity contribution in [3.05, 3.63) is 47.3 Å². The molecule has 0 saturated heterocycles. The molecule has 21 heavy (non-hydrogen) atoms. The standard InChI is InChI=1S/C16H23N5/c1-4-12-6-8-14(9-7-12)19-16(17)18-10-13-11-21(3)20-15(13)5-2/h6-9,11H,4-5,10H2,1-3H3,(H3,17,18,19). The molecule has 0 amide bonds. The molecule has 1 aromatic carbocycles. The highest BCUT2D eigenvalue weighted by Crippen LogP contribution is 2.11. The lowest BCUT2D eigenvalue weighted by molar-refractivity contribution is 0.746. The van der Waals surface area contributed by atoms with Crippen molar-refractivity contribution in [2.24, 2.45) is 17.8 Å². The summed E-state index contributed by atoms with van der Waals surface area (Å²) in [6.45, 7) is 4.77. The number of rotatable bonds is 5. The maximum Gasteiger partial charge on any atom is 0.193 e. The third kappa shape index (κ3) is 4.08. The van der Waals surface area contributed by atoms with Crippen LogP contribution >= 0.6 is 0 Å².